The second-order valence-electron chi connectivity index (χ2n) is 7.88. The van der Waals surface area contributed by atoms with Gasteiger partial charge in [-0.25, -0.2) is 19.7 Å². The Hall–Kier alpha value is -3.07. The third-order valence-electron chi connectivity index (χ3n) is 5.75. The van der Waals surface area contributed by atoms with E-state index in [0.29, 0.717) is 24.6 Å². The molecule has 2 aliphatic rings. The Labute approximate surface area is 182 Å². The highest BCUT2D eigenvalue weighted by molar-refractivity contribution is 6.08. The topological polar surface area (TPSA) is 91.8 Å². The van der Waals surface area contributed by atoms with Crippen molar-refractivity contribution in [3.05, 3.63) is 47.7 Å². The Morgan fingerprint density at radius 2 is 1.94 bits per heavy atom. The molecule has 4 heterocycles. The maximum atomic E-state index is 13.0. The minimum absolute atomic E-state index is 0.180. The van der Waals surface area contributed by atoms with Crippen molar-refractivity contribution in [2.75, 3.05) is 37.6 Å². The summed E-state index contributed by atoms with van der Waals surface area (Å²) in [7, 11) is 0. The predicted octanol–water partition coefficient (Wildman–Crippen LogP) is 2.78. The van der Waals surface area contributed by atoms with Crippen molar-refractivity contribution in [2.24, 2.45) is 0 Å². The summed E-state index contributed by atoms with van der Waals surface area (Å²) in [5.41, 5.74) is 1.47. The van der Waals surface area contributed by atoms with Crippen LogP contribution in [0.4, 0.5) is 10.6 Å². The van der Waals surface area contributed by atoms with Crippen LogP contribution >= 0.6 is 0 Å². The number of nitrogens with zero attached hydrogens (tertiary/aromatic N) is 6. The Kier molecular flexibility index (Phi) is 6.41. The van der Waals surface area contributed by atoms with Crippen LogP contribution in [0.1, 0.15) is 54.2 Å². The number of ether oxygens (including phenoxy) is 1. The van der Waals surface area contributed by atoms with E-state index in [0.717, 1.165) is 25.2 Å². The summed E-state index contributed by atoms with van der Waals surface area (Å²) >= 11 is 0. The maximum Gasteiger partial charge on any atom is 0.412 e. The Morgan fingerprint density at radius 3 is 2.65 bits per heavy atom. The molecular formula is C22H28N6O3. The zero-order chi connectivity index (χ0) is 21.8. The van der Waals surface area contributed by atoms with Gasteiger partial charge >= 0.3 is 6.09 Å². The normalized spacial score (nSPS) is 18.7. The number of likely N-dealkylation sites (tertiary alicyclic amines) is 1. The number of hydrogen-bond acceptors (Lipinski definition) is 7. The van der Waals surface area contributed by atoms with Crippen LogP contribution in [0.15, 0.2) is 30.7 Å². The molecule has 2 aliphatic heterocycles. The Balaban J connectivity index is 1.52. The molecule has 164 valence electrons. The van der Waals surface area contributed by atoms with E-state index in [1.807, 2.05) is 19.9 Å². The van der Waals surface area contributed by atoms with E-state index in [9.17, 15) is 9.59 Å². The summed E-state index contributed by atoms with van der Waals surface area (Å²) in [6, 6.07) is 3.59. The quantitative estimate of drug-likeness (QED) is 0.704. The number of carbonyl (C=O) groups excluding carboxylic acids is 2. The van der Waals surface area contributed by atoms with Crippen LogP contribution in [0.25, 0.3) is 0 Å². The van der Waals surface area contributed by atoms with Crippen molar-refractivity contribution in [3.63, 3.8) is 0 Å². The molecule has 0 unspecified atom stereocenters. The summed E-state index contributed by atoms with van der Waals surface area (Å²) in [4.78, 5) is 44.2. The molecule has 9 heteroatoms. The number of aryl methyl sites for hydroxylation is 1. The standard InChI is InChI=1S/C22H28N6O3/c1-3-27(14-13-26-11-5-4-6-12-26)22(30)31-21-19-18(23-9-10-24-19)20(29)28(21)17-8-7-16(2)15-25-17/h7-10,15,21H,3-6,11-14H2,1-2H3/t21-/m0/s1. The van der Waals surface area contributed by atoms with Crippen molar-refractivity contribution in [1.82, 2.24) is 24.8 Å². The van der Waals surface area contributed by atoms with Crippen LogP contribution in [0.2, 0.25) is 0 Å². The number of aromatic nitrogens is 3. The minimum atomic E-state index is -0.997. The third kappa shape index (κ3) is 4.51. The van der Waals surface area contributed by atoms with Gasteiger partial charge in [0.1, 0.15) is 11.5 Å². The molecule has 2 aromatic heterocycles. The number of rotatable bonds is 6. The van der Waals surface area contributed by atoms with Gasteiger partial charge in [-0.15, -0.1) is 0 Å². The molecule has 1 saturated heterocycles. The van der Waals surface area contributed by atoms with Crippen molar-refractivity contribution < 1.29 is 14.3 Å². The lowest BCUT2D eigenvalue weighted by Gasteiger charge is -2.30. The molecule has 0 saturated carbocycles. The highest BCUT2D eigenvalue weighted by Gasteiger charge is 2.44. The van der Waals surface area contributed by atoms with E-state index >= 15 is 0 Å². The molecule has 31 heavy (non-hydrogen) atoms. The SMILES string of the molecule is CCN(CCN1CCCCC1)C(=O)O[C@H]1c2nccnc2C(=O)N1c1ccc(C)cn1. The highest BCUT2D eigenvalue weighted by atomic mass is 16.6. The summed E-state index contributed by atoms with van der Waals surface area (Å²) in [5, 5.41) is 0. The van der Waals surface area contributed by atoms with Gasteiger partial charge in [0.05, 0.1) is 0 Å². The monoisotopic (exact) mass is 424 g/mol. The fraction of sp³-hybridized carbons (Fsp3) is 0.500. The van der Waals surface area contributed by atoms with Crippen molar-refractivity contribution in [3.8, 4) is 0 Å². The van der Waals surface area contributed by atoms with Gasteiger partial charge in [0, 0.05) is 38.2 Å². The summed E-state index contributed by atoms with van der Waals surface area (Å²) in [6.07, 6.45) is 6.82. The van der Waals surface area contributed by atoms with Crippen LogP contribution in [-0.4, -0.2) is 69.5 Å². The van der Waals surface area contributed by atoms with Crippen LogP contribution in [0.5, 0.6) is 0 Å². The van der Waals surface area contributed by atoms with Gasteiger partial charge < -0.3 is 14.5 Å². The largest absolute Gasteiger partial charge is 0.419 e. The van der Waals surface area contributed by atoms with Gasteiger partial charge in [0.25, 0.3) is 5.91 Å². The van der Waals surface area contributed by atoms with E-state index in [1.54, 1.807) is 17.2 Å². The molecule has 1 fully saturated rings. The average molecular weight is 425 g/mol. The number of hydrogen-bond donors (Lipinski definition) is 0. The van der Waals surface area contributed by atoms with E-state index in [4.69, 9.17) is 4.74 Å². The minimum Gasteiger partial charge on any atom is -0.419 e. The number of likely N-dealkylation sites (N-methyl/N-ethyl adjacent to an activating group) is 1. The molecule has 0 spiro atoms. The molecule has 0 aromatic carbocycles. The zero-order valence-corrected chi connectivity index (χ0v) is 18.0. The molecule has 0 aliphatic carbocycles. The molecule has 0 radical (unpaired) electrons. The van der Waals surface area contributed by atoms with Gasteiger partial charge in [-0.3, -0.25) is 9.78 Å². The summed E-state index contributed by atoms with van der Waals surface area (Å²) < 4.78 is 5.83. The highest BCUT2D eigenvalue weighted by Crippen LogP contribution is 2.35. The number of fused-ring (bicyclic) bond motifs is 1. The average Bonchev–Trinajstić information content (AvgIpc) is 3.07. The van der Waals surface area contributed by atoms with Crippen molar-refractivity contribution in [2.45, 2.75) is 39.3 Å². The second kappa shape index (κ2) is 9.38. The van der Waals surface area contributed by atoms with E-state index in [-0.39, 0.29) is 11.6 Å². The molecule has 1 atom stereocenters. The summed E-state index contributed by atoms with van der Waals surface area (Å²) in [6.45, 7) is 7.88. The first kappa shape index (κ1) is 21.2. The van der Waals surface area contributed by atoms with Crippen molar-refractivity contribution >= 4 is 17.8 Å². The molecular weight excluding hydrogens is 396 g/mol. The maximum absolute atomic E-state index is 13.0. The van der Waals surface area contributed by atoms with Crippen LogP contribution in [-0.2, 0) is 4.74 Å². The smallest absolute Gasteiger partial charge is 0.412 e. The van der Waals surface area contributed by atoms with Gasteiger partial charge in [-0.1, -0.05) is 12.5 Å². The zero-order valence-electron chi connectivity index (χ0n) is 18.0. The van der Waals surface area contributed by atoms with E-state index < -0.39 is 12.3 Å². The Bertz CT molecular complexity index is 929. The van der Waals surface area contributed by atoms with E-state index in [1.165, 1.54) is 36.6 Å². The number of piperidine rings is 1. The van der Waals surface area contributed by atoms with Crippen LogP contribution < -0.4 is 4.90 Å². The first-order valence-electron chi connectivity index (χ1n) is 10.8. The molecule has 9 nitrogen and oxygen atoms in total. The molecule has 2 aromatic rings. The number of anilines is 1. The molecule has 4 rings (SSSR count). The lowest BCUT2D eigenvalue weighted by atomic mass is 10.1. The van der Waals surface area contributed by atoms with Crippen LogP contribution in [0.3, 0.4) is 0 Å². The fourth-order valence-corrected chi connectivity index (χ4v) is 3.97. The molecule has 0 bridgehead atoms. The molecule has 0 N–H and O–H groups in total. The predicted molar refractivity (Wildman–Crippen MR) is 115 cm³/mol. The van der Waals surface area contributed by atoms with Gasteiger partial charge in [-0.05, 0) is 51.4 Å². The van der Waals surface area contributed by atoms with Gasteiger partial charge in [0.15, 0.2) is 5.69 Å². The van der Waals surface area contributed by atoms with Gasteiger partial charge in [0.2, 0.25) is 6.23 Å². The van der Waals surface area contributed by atoms with Crippen molar-refractivity contribution in [1.29, 1.82) is 0 Å². The summed E-state index contributed by atoms with van der Waals surface area (Å²) in [5.74, 6) is 0.0122. The van der Waals surface area contributed by atoms with Crippen LogP contribution in [0, 0.1) is 6.92 Å². The lowest BCUT2D eigenvalue weighted by Crippen LogP contribution is -2.42. The van der Waals surface area contributed by atoms with Gasteiger partial charge in [-0.2, -0.15) is 0 Å². The molecule has 2 amide bonds. The second-order valence-corrected chi connectivity index (χ2v) is 7.88. The van der Waals surface area contributed by atoms with E-state index in [2.05, 4.69) is 19.9 Å². The first-order chi connectivity index (χ1) is 15.1. The number of carbonyl (C=O) groups is 2. The Morgan fingerprint density at radius 1 is 1.16 bits per heavy atom. The fourth-order valence-electron chi connectivity index (χ4n) is 3.97. The lowest BCUT2D eigenvalue weighted by molar-refractivity contribution is 0.0572. The third-order valence-corrected chi connectivity index (χ3v) is 5.75. The number of amides is 2. The first-order valence-corrected chi connectivity index (χ1v) is 10.8. The number of pyridine rings is 1.